The van der Waals surface area contributed by atoms with Gasteiger partial charge in [-0.2, -0.15) is 0 Å². The monoisotopic (exact) mass is 207 g/mol. The molecule has 0 spiro atoms. The van der Waals surface area contributed by atoms with Crippen LogP contribution >= 0.6 is 0 Å². The Morgan fingerprint density at radius 2 is 2.40 bits per heavy atom. The molecule has 0 saturated carbocycles. The van der Waals surface area contributed by atoms with Crippen molar-refractivity contribution >= 4 is 11.8 Å². The van der Waals surface area contributed by atoms with Crippen molar-refractivity contribution in [3.8, 4) is 0 Å². The van der Waals surface area contributed by atoms with Crippen LogP contribution < -0.4 is 4.90 Å². The number of hydrogen-bond donors (Lipinski definition) is 0. The first-order valence-corrected chi connectivity index (χ1v) is 4.41. The molecule has 0 saturated heterocycles. The molecule has 0 aliphatic rings. The lowest BCUT2D eigenvalue weighted by atomic mass is 10.4. The highest BCUT2D eigenvalue weighted by atomic mass is 16.5. The van der Waals surface area contributed by atoms with E-state index in [9.17, 15) is 4.79 Å². The van der Waals surface area contributed by atoms with Crippen LogP contribution in [0.5, 0.6) is 0 Å². The molecule has 1 rings (SSSR count). The van der Waals surface area contributed by atoms with Gasteiger partial charge in [0.05, 0.1) is 19.5 Å². The van der Waals surface area contributed by atoms with Crippen molar-refractivity contribution in [2.45, 2.75) is 0 Å². The van der Waals surface area contributed by atoms with E-state index in [0.29, 0.717) is 12.4 Å². The number of rotatable bonds is 4. The molecule has 0 aliphatic heterocycles. The van der Waals surface area contributed by atoms with E-state index in [-0.39, 0.29) is 5.69 Å². The number of nitrogens with zero attached hydrogens (tertiary/aromatic N) is 3. The van der Waals surface area contributed by atoms with Crippen LogP contribution in [0.3, 0.4) is 0 Å². The van der Waals surface area contributed by atoms with Crippen LogP contribution in [0.1, 0.15) is 10.5 Å². The molecule has 0 N–H and O–H groups in total. The highest BCUT2D eigenvalue weighted by molar-refractivity contribution is 5.87. The summed E-state index contributed by atoms with van der Waals surface area (Å²) in [5, 5.41) is 0. The summed E-state index contributed by atoms with van der Waals surface area (Å²) in [6.45, 7) is 4.26. The van der Waals surface area contributed by atoms with E-state index < -0.39 is 5.97 Å². The molecule has 0 fully saturated rings. The Morgan fingerprint density at radius 3 is 3.00 bits per heavy atom. The zero-order valence-corrected chi connectivity index (χ0v) is 8.80. The van der Waals surface area contributed by atoms with Gasteiger partial charge in [0.25, 0.3) is 0 Å². The molecule has 1 aromatic rings. The van der Waals surface area contributed by atoms with Crippen molar-refractivity contribution in [3.63, 3.8) is 0 Å². The number of carbonyl (C=O) groups excluding carboxylic acids is 1. The predicted octanol–water partition coefficient (Wildman–Crippen LogP) is 0.885. The number of anilines is 1. The number of ether oxygens (including phenoxy) is 1. The maximum Gasteiger partial charge on any atom is 0.358 e. The molecular weight excluding hydrogens is 194 g/mol. The number of aromatic nitrogens is 2. The first-order chi connectivity index (χ1) is 7.19. The van der Waals surface area contributed by atoms with Crippen LogP contribution in [0.4, 0.5) is 5.82 Å². The third kappa shape index (κ3) is 2.77. The molecule has 0 radical (unpaired) electrons. The van der Waals surface area contributed by atoms with Crippen molar-refractivity contribution in [2.24, 2.45) is 0 Å². The van der Waals surface area contributed by atoms with E-state index in [4.69, 9.17) is 0 Å². The molecule has 0 atom stereocenters. The Kier molecular flexibility index (Phi) is 3.79. The van der Waals surface area contributed by atoms with Gasteiger partial charge >= 0.3 is 5.97 Å². The summed E-state index contributed by atoms with van der Waals surface area (Å²) in [6, 6.07) is 0. The van der Waals surface area contributed by atoms with Gasteiger partial charge < -0.3 is 9.64 Å². The lowest BCUT2D eigenvalue weighted by Gasteiger charge is -2.15. The lowest BCUT2D eigenvalue weighted by Crippen LogP contribution is -2.19. The van der Waals surface area contributed by atoms with Gasteiger partial charge in [-0.3, -0.25) is 4.98 Å². The van der Waals surface area contributed by atoms with Crippen molar-refractivity contribution in [1.82, 2.24) is 9.97 Å². The third-order valence-corrected chi connectivity index (χ3v) is 1.81. The molecule has 5 heteroatoms. The minimum absolute atomic E-state index is 0.200. The highest BCUT2D eigenvalue weighted by Gasteiger charge is 2.09. The number of esters is 1. The molecule has 1 aromatic heterocycles. The average molecular weight is 207 g/mol. The van der Waals surface area contributed by atoms with E-state index in [2.05, 4.69) is 21.3 Å². The van der Waals surface area contributed by atoms with Gasteiger partial charge in [-0.15, -0.1) is 6.58 Å². The summed E-state index contributed by atoms with van der Waals surface area (Å²) >= 11 is 0. The van der Waals surface area contributed by atoms with Crippen LogP contribution in [-0.4, -0.2) is 36.6 Å². The van der Waals surface area contributed by atoms with Crippen molar-refractivity contribution in [3.05, 3.63) is 30.7 Å². The Hall–Kier alpha value is -1.91. The largest absolute Gasteiger partial charge is 0.464 e. The molecule has 0 aromatic carbocycles. The summed E-state index contributed by atoms with van der Waals surface area (Å²) in [4.78, 5) is 21.0. The van der Waals surface area contributed by atoms with Gasteiger partial charge in [0.1, 0.15) is 5.82 Å². The number of methoxy groups -OCH3 is 1. The fraction of sp³-hybridized carbons (Fsp3) is 0.300. The van der Waals surface area contributed by atoms with Crippen LogP contribution in [-0.2, 0) is 4.74 Å². The maximum atomic E-state index is 11.2. The van der Waals surface area contributed by atoms with Crippen molar-refractivity contribution in [2.75, 3.05) is 25.6 Å². The van der Waals surface area contributed by atoms with E-state index in [1.807, 2.05) is 11.9 Å². The summed E-state index contributed by atoms with van der Waals surface area (Å²) in [7, 11) is 3.15. The second-order valence-electron chi connectivity index (χ2n) is 2.92. The average Bonchev–Trinajstić information content (AvgIpc) is 2.28. The summed E-state index contributed by atoms with van der Waals surface area (Å²) in [5.74, 6) is 0.120. The highest BCUT2D eigenvalue weighted by Crippen LogP contribution is 2.07. The number of carbonyl (C=O) groups is 1. The standard InChI is InChI=1S/C10H13N3O2/c1-4-5-13(2)9-7-11-6-8(12-9)10(14)15-3/h4,6-7H,1,5H2,2-3H3. The fourth-order valence-corrected chi connectivity index (χ4v) is 1.03. The molecule has 15 heavy (non-hydrogen) atoms. The molecule has 0 aliphatic carbocycles. The van der Waals surface area contributed by atoms with Gasteiger partial charge in [0.2, 0.25) is 0 Å². The number of likely N-dealkylation sites (N-methyl/N-ethyl adjacent to an activating group) is 1. The SMILES string of the molecule is C=CCN(C)c1cncc(C(=O)OC)n1. The topological polar surface area (TPSA) is 55.3 Å². The van der Waals surface area contributed by atoms with Gasteiger partial charge in [0.15, 0.2) is 5.69 Å². The summed E-state index contributed by atoms with van der Waals surface area (Å²) in [5.41, 5.74) is 0.200. The third-order valence-electron chi connectivity index (χ3n) is 1.81. The van der Waals surface area contributed by atoms with Gasteiger partial charge in [0, 0.05) is 13.6 Å². The fourth-order valence-electron chi connectivity index (χ4n) is 1.03. The zero-order valence-electron chi connectivity index (χ0n) is 8.80. The van der Waals surface area contributed by atoms with E-state index in [1.54, 1.807) is 12.3 Å². The number of hydrogen-bond acceptors (Lipinski definition) is 5. The summed E-state index contributed by atoms with van der Waals surface area (Å²) in [6.07, 6.45) is 4.69. The molecular formula is C10H13N3O2. The summed E-state index contributed by atoms with van der Waals surface area (Å²) < 4.78 is 4.55. The van der Waals surface area contributed by atoms with Crippen molar-refractivity contribution < 1.29 is 9.53 Å². The Balaban J connectivity index is 2.91. The zero-order chi connectivity index (χ0) is 11.3. The quantitative estimate of drug-likeness (QED) is 0.542. The molecule has 80 valence electrons. The molecule has 5 nitrogen and oxygen atoms in total. The van der Waals surface area contributed by atoms with Crippen LogP contribution in [0.2, 0.25) is 0 Å². The van der Waals surface area contributed by atoms with E-state index in [1.165, 1.54) is 13.3 Å². The minimum Gasteiger partial charge on any atom is -0.464 e. The lowest BCUT2D eigenvalue weighted by molar-refractivity contribution is 0.0593. The normalized spacial score (nSPS) is 9.47. The van der Waals surface area contributed by atoms with E-state index >= 15 is 0 Å². The Morgan fingerprint density at radius 1 is 1.67 bits per heavy atom. The maximum absolute atomic E-state index is 11.2. The predicted molar refractivity (Wildman–Crippen MR) is 56.8 cm³/mol. The van der Waals surface area contributed by atoms with Gasteiger partial charge in [-0.25, -0.2) is 9.78 Å². The second kappa shape index (κ2) is 5.09. The van der Waals surface area contributed by atoms with Gasteiger partial charge in [-0.1, -0.05) is 6.08 Å². The Bertz CT molecular complexity index is 365. The molecule has 0 unspecified atom stereocenters. The first kappa shape index (κ1) is 11.2. The van der Waals surface area contributed by atoms with Crippen LogP contribution in [0.25, 0.3) is 0 Å². The van der Waals surface area contributed by atoms with Crippen molar-refractivity contribution in [1.29, 1.82) is 0 Å². The second-order valence-corrected chi connectivity index (χ2v) is 2.92. The molecule has 0 amide bonds. The van der Waals surface area contributed by atoms with Gasteiger partial charge in [-0.05, 0) is 0 Å². The smallest absolute Gasteiger partial charge is 0.358 e. The molecule has 1 heterocycles. The van der Waals surface area contributed by atoms with Crippen LogP contribution in [0, 0.1) is 0 Å². The Labute approximate surface area is 88.4 Å². The van der Waals surface area contributed by atoms with E-state index in [0.717, 1.165) is 0 Å². The minimum atomic E-state index is -0.489. The molecule has 0 bridgehead atoms. The van der Waals surface area contributed by atoms with Crippen LogP contribution in [0.15, 0.2) is 25.0 Å². The first-order valence-electron chi connectivity index (χ1n) is 4.41.